The molecular weight excluding hydrogens is 156 g/mol. The smallest absolute Gasteiger partial charge is 0.0222 e. The van der Waals surface area contributed by atoms with Gasteiger partial charge in [-0.15, -0.1) is 0 Å². The number of hydrogen-bond acceptors (Lipinski definition) is 0. The quantitative estimate of drug-likeness (QED) is 0.554. The Morgan fingerprint density at radius 3 is 2.38 bits per heavy atom. The van der Waals surface area contributed by atoms with E-state index in [-0.39, 0.29) is 0 Å². The van der Waals surface area contributed by atoms with Crippen molar-refractivity contribution in [1.82, 2.24) is 0 Å². The molecule has 0 nitrogen and oxygen atoms in total. The van der Waals surface area contributed by atoms with E-state index in [0.717, 1.165) is 5.92 Å². The van der Waals surface area contributed by atoms with Gasteiger partial charge in [-0.05, 0) is 30.3 Å². The normalized spacial score (nSPS) is 21.7. The second-order valence-corrected chi connectivity index (χ2v) is 3.84. The summed E-state index contributed by atoms with van der Waals surface area (Å²) in [7, 11) is 0. The van der Waals surface area contributed by atoms with E-state index >= 15 is 0 Å². The monoisotopic (exact) mass is 180 g/mol. The molecule has 0 spiro atoms. The lowest BCUT2D eigenvalue weighted by molar-refractivity contribution is 0.604. The number of allylic oxidation sites excluding steroid dienone is 4. The highest BCUT2D eigenvalue weighted by Gasteiger charge is 2.05. The first-order valence-electron chi connectivity index (χ1n) is 5.56. The fourth-order valence-electron chi connectivity index (χ4n) is 1.37. The van der Waals surface area contributed by atoms with Crippen LogP contribution in [0, 0.1) is 11.8 Å². The van der Waals surface area contributed by atoms with Crippen LogP contribution >= 0.6 is 0 Å². The Kier molecular flexibility index (Phi) is 6.66. The molecule has 1 rings (SSSR count). The van der Waals surface area contributed by atoms with Crippen molar-refractivity contribution in [2.75, 3.05) is 0 Å². The van der Waals surface area contributed by atoms with E-state index < -0.39 is 0 Å². The van der Waals surface area contributed by atoms with Crippen LogP contribution in [0.4, 0.5) is 0 Å². The molecule has 0 unspecified atom stereocenters. The van der Waals surface area contributed by atoms with Crippen molar-refractivity contribution >= 4 is 0 Å². The van der Waals surface area contributed by atoms with Crippen LogP contribution in [0.25, 0.3) is 0 Å². The Morgan fingerprint density at radius 1 is 1.23 bits per heavy atom. The van der Waals surface area contributed by atoms with Gasteiger partial charge in [-0.1, -0.05) is 52.8 Å². The van der Waals surface area contributed by atoms with Crippen molar-refractivity contribution in [3.05, 3.63) is 23.8 Å². The first kappa shape index (κ1) is 12.5. The van der Waals surface area contributed by atoms with Crippen LogP contribution in [0.1, 0.15) is 47.5 Å². The number of rotatable bonds is 1. The Morgan fingerprint density at radius 2 is 1.85 bits per heavy atom. The van der Waals surface area contributed by atoms with Gasteiger partial charge in [0.25, 0.3) is 0 Å². The first-order valence-corrected chi connectivity index (χ1v) is 5.56. The van der Waals surface area contributed by atoms with Crippen molar-refractivity contribution < 1.29 is 0 Å². The molecule has 0 heterocycles. The van der Waals surface area contributed by atoms with Crippen molar-refractivity contribution in [3.8, 4) is 0 Å². The summed E-state index contributed by atoms with van der Waals surface area (Å²) in [6.07, 6.45) is 9.48. The molecule has 1 aliphatic carbocycles. The lowest BCUT2D eigenvalue weighted by Gasteiger charge is -2.04. The lowest BCUT2D eigenvalue weighted by atomic mass is 10.0. The molecule has 0 aromatic heterocycles. The SMILES string of the molecule is CC.CC(C)C1=CC[C@H](C)CC=C1. The lowest BCUT2D eigenvalue weighted by Crippen LogP contribution is -1.90. The van der Waals surface area contributed by atoms with E-state index in [9.17, 15) is 0 Å². The Labute approximate surface area is 83.7 Å². The van der Waals surface area contributed by atoms with E-state index in [1.165, 1.54) is 18.4 Å². The summed E-state index contributed by atoms with van der Waals surface area (Å²) in [5.74, 6) is 1.53. The molecule has 0 bridgehead atoms. The molecule has 76 valence electrons. The zero-order chi connectivity index (χ0) is 10.3. The van der Waals surface area contributed by atoms with E-state index in [0.29, 0.717) is 5.92 Å². The van der Waals surface area contributed by atoms with Gasteiger partial charge in [0.2, 0.25) is 0 Å². The van der Waals surface area contributed by atoms with Crippen LogP contribution in [0.2, 0.25) is 0 Å². The Bertz CT molecular complexity index is 172. The molecule has 1 atom stereocenters. The van der Waals surface area contributed by atoms with Crippen molar-refractivity contribution in [2.45, 2.75) is 47.5 Å². The molecule has 0 heteroatoms. The van der Waals surface area contributed by atoms with Crippen molar-refractivity contribution in [2.24, 2.45) is 11.8 Å². The van der Waals surface area contributed by atoms with Crippen LogP contribution in [0.5, 0.6) is 0 Å². The fraction of sp³-hybridized carbons (Fsp3) is 0.692. The summed E-state index contributed by atoms with van der Waals surface area (Å²) in [6, 6.07) is 0. The second kappa shape index (κ2) is 6.94. The van der Waals surface area contributed by atoms with Gasteiger partial charge < -0.3 is 0 Å². The Hall–Kier alpha value is -0.520. The summed E-state index contributed by atoms with van der Waals surface area (Å²) in [4.78, 5) is 0. The highest BCUT2D eigenvalue weighted by atomic mass is 14.1. The molecule has 0 N–H and O–H groups in total. The minimum atomic E-state index is 0.691. The Balaban J connectivity index is 0.000000671. The van der Waals surface area contributed by atoms with Gasteiger partial charge >= 0.3 is 0 Å². The zero-order valence-corrected chi connectivity index (χ0v) is 9.80. The minimum absolute atomic E-state index is 0.691. The molecule has 0 saturated carbocycles. The fourth-order valence-corrected chi connectivity index (χ4v) is 1.37. The predicted octanol–water partition coefficient (Wildman–Crippen LogP) is 4.58. The van der Waals surface area contributed by atoms with Gasteiger partial charge in [0.05, 0.1) is 0 Å². The van der Waals surface area contributed by atoms with Gasteiger partial charge in [-0.25, -0.2) is 0 Å². The minimum Gasteiger partial charge on any atom is -0.0840 e. The third-order valence-corrected chi connectivity index (χ3v) is 2.27. The molecule has 0 amide bonds. The maximum Gasteiger partial charge on any atom is -0.0222 e. The highest BCUT2D eigenvalue weighted by Crippen LogP contribution is 2.20. The van der Waals surface area contributed by atoms with E-state index in [2.05, 4.69) is 39.0 Å². The van der Waals surface area contributed by atoms with Gasteiger partial charge in [-0.3, -0.25) is 0 Å². The summed E-state index contributed by atoms with van der Waals surface area (Å²) < 4.78 is 0. The van der Waals surface area contributed by atoms with Gasteiger partial charge in [0.1, 0.15) is 0 Å². The standard InChI is InChI=1S/C11H18.C2H6/c1-9(2)11-6-4-5-10(3)7-8-11;1-2/h4,6,8-10H,5,7H2,1-3H3;1-2H3/t10-;/m1./s1. The molecule has 13 heavy (non-hydrogen) atoms. The molecule has 0 aliphatic heterocycles. The summed E-state index contributed by atoms with van der Waals surface area (Å²) in [5.41, 5.74) is 1.51. The topological polar surface area (TPSA) is 0 Å². The maximum absolute atomic E-state index is 2.39. The zero-order valence-electron chi connectivity index (χ0n) is 9.80. The third kappa shape index (κ3) is 4.92. The molecule has 0 aromatic carbocycles. The van der Waals surface area contributed by atoms with Crippen LogP contribution in [-0.2, 0) is 0 Å². The predicted molar refractivity (Wildman–Crippen MR) is 61.8 cm³/mol. The van der Waals surface area contributed by atoms with Crippen LogP contribution in [0.15, 0.2) is 23.8 Å². The van der Waals surface area contributed by atoms with E-state index in [1.807, 2.05) is 13.8 Å². The molecule has 0 saturated heterocycles. The number of hydrogen-bond donors (Lipinski definition) is 0. The largest absolute Gasteiger partial charge is 0.0840 e. The van der Waals surface area contributed by atoms with Gasteiger partial charge in [0.15, 0.2) is 0 Å². The summed E-state index contributed by atoms with van der Waals surface area (Å²) in [6.45, 7) is 10.8. The maximum atomic E-state index is 2.39. The highest BCUT2D eigenvalue weighted by molar-refractivity contribution is 5.22. The first-order chi connectivity index (χ1) is 6.20. The average molecular weight is 180 g/mol. The molecule has 0 aromatic rings. The van der Waals surface area contributed by atoms with E-state index in [4.69, 9.17) is 0 Å². The molecular formula is C13H24. The summed E-state index contributed by atoms with van der Waals surface area (Å²) >= 11 is 0. The van der Waals surface area contributed by atoms with Crippen molar-refractivity contribution in [3.63, 3.8) is 0 Å². The average Bonchev–Trinajstić information content (AvgIpc) is 2.33. The van der Waals surface area contributed by atoms with Crippen molar-refractivity contribution in [1.29, 1.82) is 0 Å². The third-order valence-electron chi connectivity index (χ3n) is 2.27. The second-order valence-electron chi connectivity index (χ2n) is 3.84. The van der Waals surface area contributed by atoms with Crippen LogP contribution in [0.3, 0.4) is 0 Å². The molecule has 0 fully saturated rings. The van der Waals surface area contributed by atoms with Gasteiger partial charge in [0, 0.05) is 0 Å². The van der Waals surface area contributed by atoms with Crippen LogP contribution in [-0.4, -0.2) is 0 Å². The van der Waals surface area contributed by atoms with E-state index in [1.54, 1.807) is 0 Å². The summed E-state index contributed by atoms with van der Waals surface area (Å²) in [5, 5.41) is 0. The molecule has 0 radical (unpaired) electrons. The molecule has 1 aliphatic rings. The van der Waals surface area contributed by atoms with Gasteiger partial charge in [-0.2, -0.15) is 0 Å². The van der Waals surface area contributed by atoms with Crippen LogP contribution < -0.4 is 0 Å².